The number of aromatic nitrogens is 4. The molecule has 114 valence electrons. The van der Waals surface area contributed by atoms with Crippen LogP contribution in [-0.4, -0.2) is 26.9 Å². The maximum Gasteiger partial charge on any atom is 0.240 e. The van der Waals surface area contributed by atoms with Gasteiger partial charge in [-0.15, -0.1) is 11.3 Å². The van der Waals surface area contributed by atoms with Crippen molar-refractivity contribution in [1.29, 1.82) is 0 Å². The summed E-state index contributed by atoms with van der Waals surface area (Å²) in [7, 11) is 1.62. The molecule has 23 heavy (non-hydrogen) atoms. The van der Waals surface area contributed by atoms with Gasteiger partial charge in [0.25, 0.3) is 0 Å². The zero-order valence-corrected chi connectivity index (χ0v) is 13.0. The van der Waals surface area contributed by atoms with E-state index in [9.17, 15) is 0 Å². The molecule has 3 heterocycles. The number of nitrogens with zero attached hydrogens (tertiary/aromatic N) is 4. The van der Waals surface area contributed by atoms with Gasteiger partial charge in [0.15, 0.2) is 0 Å². The van der Waals surface area contributed by atoms with Crippen molar-refractivity contribution in [2.24, 2.45) is 0 Å². The van der Waals surface area contributed by atoms with Gasteiger partial charge in [0.1, 0.15) is 22.5 Å². The molecule has 7 heteroatoms. The third-order valence-electron chi connectivity index (χ3n) is 3.29. The molecule has 4 rings (SSSR count). The molecule has 0 fully saturated rings. The molecular formula is C16H12N4O2S. The SMILES string of the molecule is COc1cc(Oc2ncnc3ccsc23)cc(-n2cccn2)c1. The lowest BCUT2D eigenvalue weighted by atomic mass is 10.3. The van der Waals surface area contributed by atoms with Crippen LogP contribution in [0.2, 0.25) is 0 Å². The van der Waals surface area contributed by atoms with Crippen LogP contribution in [-0.2, 0) is 0 Å². The Morgan fingerprint density at radius 1 is 1.13 bits per heavy atom. The Hall–Kier alpha value is -2.93. The van der Waals surface area contributed by atoms with Gasteiger partial charge in [-0.2, -0.15) is 5.10 Å². The van der Waals surface area contributed by atoms with Crippen molar-refractivity contribution in [2.45, 2.75) is 0 Å². The van der Waals surface area contributed by atoms with Gasteiger partial charge in [-0.05, 0) is 17.5 Å². The standard InChI is InChI=1S/C16H12N4O2S/c1-21-12-7-11(20-5-2-4-19-20)8-13(9-12)22-16-15-14(3-6-23-15)17-10-18-16/h2-10H,1H3. The largest absolute Gasteiger partial charge is 0.497 e. The van der Waals surface area contributed by atoms with Crippen LogP contribution in [0.4, 0.5) is 0 Å². The van der Waals surface area contributed by atoms with Crippen LogP contribution in [0.15, 0.2) is 54.4 Å². The summed E-state index contributed by atoms with van der Waals surface area (Å²) < 4.78 is 14.0. The minimum absolute atomic E-state index is 0.532. The molecule has 0 aliphatic rings. The highest BCUT2D eigenvalue weighted by molar-refractivity contribution is 7.17. The summed E-state index contributed by atoms with van der Waals surface area (Å²) in [5.74, 6) is 1.84. The van der Waals surface area contributed by atoms with Crippen LogP contribution in [0.5, 0.6) is 17.4 Å². The van der Waals surface area contributed by atoms with E-state index in [0.717, 1.165) is 15.9 Å². The molecule has 0 bridgehead atoms. The van der Waals surface area contributed by atoms with Crippen molar-refractivity contribution in [1.82, 2.24) is 19.7 Å². The number of ether oxygens (including phenoxy) is 2. The van der Waals surface area contributed by atoms with E-state index in [-0.39, 0.29) is 0 Å². The molecule has 0 amide bonds. The normalized spacial score (nSPS) is 10.8. The Morgan fingerprint density at radius 3 is 2.87 bits per heavy atom. The molecule has 0 aliphatic carbocycles. The maximum atomic E-state index is 5.97. The van der Waals surface area contributed by atoms with Crippen molar-refractivity contribution < 1.29 is 9.47 Å². The first-order valence-electron chi connectivity index (χ1n) is 6.88. The molecule has 0 saturated carbocycles. The predicted molar refractivity (Wildman–Crippen MR) is 87.6 cm³/mol. The van der Waals surface area contributed by atoms with E-state index in [4.69, 9.17) is 9.47 Å². The van der Waals surface area contributed by atoms with Crippen LogP contribution >= 0.6 is 11.3 Å². The van der Waals surface area contributed by atoms with Crippen molar-refractivity contribution in [3.8, 4) is 23.1 Å². The first-order chi connectivity index (χ1) is 11.3. The number of rotatable bonds is 4. The van der Waals surface area contributed by atoms with E-state index in [1.165, 1.54) is 6.33 Å². The van der Waals surface area contributed by atoms with Crippen LogP contribution in [0.25, 0.3) is 15.9 Å². The number of fused-ring (bicyclic) bond motifs is 1. The molecule has 0 unspecified atom stereocenters. The zero-order valence-electron chi connectivity index (χ0n) is 12.2. The lowest BCUT2D eigenvalue weighted by Crippen LogP contribution is -1.97. The number of benzene rings is 1. The Bertz CT molecular complexity index is 950. The molecule has 0 radical (unpaired) electrons. The second kappa shape index (κ2) is 5.69. The Labute approximate surface area is 136 Å². The van der Waals surface area contributed by atoms with Gasteiger partial charge in [-0.3, -0.25) is 0 Å². The highest BCUT2D eigenvalue weighted by Gasteiger charge is 2.10. The highest BCUT2D eigenvalue weighted by Crippen LogP contribution is 2.33. The number of thiophene rings is 1. The molecule has 0 spiro atoms. The summed E-state index contributed by atoms with van der Waals surface area (Å²) in [6, 6.07) is 9.39. The van der Waals surface area contributed by atoms with E-state index in [1.54, 1.807) is 29.3 Å². The maximum absolute atomic E-state index is 5.97. The van der Waals surface area contributed by atoms with E-state index in [0.29, 0.717) is 17.4 Å². The van der Waals surface area contributed by atoms with Crippen molar-refractivity contribution in [3.63, 3.8) is 0 Å². The molecule has 0 N–H and O–H groups in total. The Kier molecular flexibility index (Phi) is 3.39. The summed E-state index contributed by atoms with van der Waals surface area (Å²) in [5, 5.41) is 6.20. The first kappa shape index (κ1) is 13.7. The van der Waals surface area contributed by atoms with Crippen molar-refractivity contribution in [3.05, 3.63) is 54.4 Å². The average molecular weight is 324 g/mol. The van der Waals surface area contributed by atoms with Crippen LogP contribution in [0, 0.1) is 0 Å². The fraction of sp³-hybridized carbons (Fsp3) is 0.0625. The van der Waals surface area contributed by atoms with Crippen LogP contribution in [0.1, 0.15) is 0 Å². The topological polar surface area (TPSA) is 62.1 Å². The van der Waals surface area contributed by atoms with Crippen molar-refractivity contribution >= 4 is 21.6 Å². The molecule has 1 aromatic carbocycles. The molecule has 0 atom stereocenters. The quantitative estimate of drug-likeness (QED) is 0.573. The predicted octanol–water partition coefficient (Wildman–Crippen LogP) is 3.68. The molecule has 0 saturated heterocycles. The van der Waals surface area contributed by atoms with Gasteiger partial charge in [0.05, 0.1) is 18.3 Å². The van der Waals surface area contributed by atoms with Crippen LogP contribution in [0.3, 0.4) is 0 Å². The molecule has 3 aromatic heterocycles. The summed E-state index contributed by atoms with van der Waals surface area (Å²) in [6.45, 7) is 0. The second-order valence-corrected chi connectivity index (χ2v) is 5.65. The van der Waals surface area contributed by atoms with E-state index >= 15 is 0 Å². The fourth-order valence-corrected chi connectivity index (χ4v) is 3.01. The lowest BCUT2D eigenvalue weighted by Gasteiger charge is -2.10. The van der Waals surface area contributed by atoms with E-state index < -0.39 is 0 Å². The number of hydrogen-bond donors (Lipinski definition) is 0. The summed E-state index contributed by atoms with van der Waals surface area (Å²) in [6.07, 6.45) is 5.08. The minimum atomic E-state index is 0.532. The van der Waals surface area contributed by atoms with E-state index in [1.807, 2.05) is 41.9 Å². The third-order valence-corrected chi connectivity index (χ3v) is 4.19. The number of methoxy groups -OCH3 is 1. The zero-order chi connectivity index (χ0) is 15.6. The summed E-state index contributed by atoms with van der Waals surface area (Å²) in [5.41, 5.74) is 1.72. The highest BCUT2D eigenvalue weighted by atomic mass is 32.1. The van der Waals surface area contributed by atoms with Gasteiger partial charge in [0, 0.05) is 30.6 Å². The van der Waals surface area contributed by atoms with Gasteiger partial charge < -0.3 is 9.47 Å². The monoisotopic (exact) mass is 324 g/mol. The Balaban J connectivity index is 1.76. The Morgan fingerprint density at radius 2 is 2.04 bits per heavy atom. The van der Waals surface area contributed by atoms with Gasteiger partial charge >= 0.3 is 0 Å². The van der Waals surface area contributed by atoms with Gasteiger partial charge in [-0.25, -0.2) is 14.6 Å². The third kappa shape index (κ3) is 2.62. The lowest BCUT2D eigenvalue weighted by molar-refractivity contribution is 0.407. The molecule has 4 aromatic rings. The minimum Gasteiger partial charge on any atom is -0.497 e. The van der Waals surface area contributed by atoms with E-state index in [2.05, 4.69) is 15.1 Å². The summed E-state index contributed by atoms with van der Waals surface area (Å²) in [4.78, 5) is 8.45. The van der Waals surface area contributed by atoms with Gasteiger partial charge in [-0.1, -0.05) is 0 Å². The van der Waals surface area contributed by atoms with Crippen molar-refractivity contribution in [2.75, 3.05) is 7.11 Å². The fourth-order valence-electron chi connectivity index (χ4n) is 2.24. The average Bonchev–Trinajstić information content (AvgIpc) is 3.26. The molecule has 6 nitrogen and oxygen atoms in total. The first-order valence-corrected chi connectivity index (χ1v) is 7.76. The number of hydrogen-bond acceptors (Lipinski definition) is 6. The van der Waals surface area contributed by atoms with Gasteiger partial charge in [0.2, 0.25) is 5.88 Å². The molecular weight excluding hydrogens is 312 g/mol. The second-order valence-electron chi connectivity index (χ2n) is 4.73. The van der Waals surface area contributed by atoms with Crippen LogP contribution < -0.4 is 9.47 Å². The summed E-state index contributed by atoms with van der Waals surface area (Å²) >= 11 is 1.55. The molecule has 0 aliphatic heterocycles. The smallest absolute Gasteiger partial charge is 0.240 e.